The van der Waals surface area contributed by atoms with E-state index in [0.717, 1.165) is 16.6 Å². The normalized spacial score (nSPS) is 19.3. The standard InChI is InChI=1S/C16H15BrN4O/c1-16(2)10-6-4-3-5-9(10)7-11(16)15-19-14(21-22-15)13-12(17)8-18-20-13/h3-6,8,11H,7H2,1-2H3,(H,18,20). The van der Waals surface area contributed by atoms with Gasteiger partial charge in [-0.25, -0.2) is 0 Å². The first kappa shape index (κ1) is 13.7. The van der Waals surface area contributed by atoms with Crippen molar-refractivity contribution in [2.75, 3.05) is 0 Å². The third-order valence-electron chi connectivity index (χ3n) is 4.56. The largest absolute Gasteiger partial charge is 0.339 e. The van der Waals surface area contributed by atoms with Crippen LogP contribution in [0.2, 0.25) is 0 Å². The summed E-state index contributed by atoms with van der Waals surface area (Å²) in [5.74, 6) is 1.40. The molecule has 1 aliphatic carbocycles. The summed E-state index contributed by atoms with van der Waals surface area (Å²) in [6.07, 6.45) is 2.61. The van der Waals surface area contributed by atoms with Crippen LogP contribution < -0.4 is 0 Å². The van der Waals surface area contributed by atoms with Crippen LogP contribution in [0.4, 0.5) is 0 Å². The van der Waals surface area contributed by atoms with E-state index in [1.165, 1.54) is 11.1 Å². The van der Waals surface area contributed by atoms with Gasteiger partial charge in [-0.3, -0.25) is 5.10 Å². The van der Waals surface area contributed by atoms with Crippen molar-refractivity contribution in [3.8, 4) is 11.5 Å². The number of halogens is 1. The molecule has 2 heterocycles. The molecule has 3 aromatic rings. The van der Waals surface area contributed by atoms with Crippen LogP contribution in [-0.4, -0.2) is 20.3 Å². The molecule has 112 valence electrons. The lowest BCUT2D eigenvalue weighted by Gasteiger charge is -2.25. The summed E-state index contributed by atoms with van der Waals surface area (Å²) in [6.45, 7) is 4.47. The Hall–Kier alpha value is -1.95. The predicted molar refractivity (Wildman–Crippen MR) is 85.5 cm³/mol. The van der Waals surface area contributed by atoms with Crippen molar-refractivity contribution in [3.63, 3.8) is 0 Å². The predicted octanol–water partition coefficient (Wildman–Crippen LogP) is 3.84. The van der Waals surface area contributed by atoms with Gasteiger partial charge in [-0.1, -0.05) is 43.3 Å². The molecule has 6 heteroatoms. The first-order valence-electron chi connectivity index (χ1n) is 7.18. The molecule has 1 N–H and O–H groups in total. The van der Waals surface area contributed by atoms with Crippen molar-refractivity contribution >= 4 is 15.9 Å². The molecule has 0 radical (unpaired) electrons. The van der Waals surface area contributed by atoms with Gasteiger partial charge in [-0.05, 0) is 33.5 Å². The fourth-order valence-electron chi connectivity index (χ4n) is 3.29. The maximum atomic E-state index is 5.56. The summed E-state index contributed by atoms with van der Waals surface area (Å²) in [5.41, 5.74) is 3.44. The van der Waals surface area contributed by atoms with Crippen LogP contribution in [0.3, 0.4) is 0 Å². The lowest BCUT2D eigenvalue weighted by Crippen LogP contribution is -2.22. The maximum absolute atomic E-state index is 5.56. The second-order valence-corrected chi connectivity index (χ2v) is 7.04. The molecular formula is C16H15BrN4O. The van der Waals surface area contributed by atoms with Gasteiger partial charge < -0.3 is 4.52 Å². The van der Waals surface area contributed by atoms with Gasteiger partial charge in [0.25, 0.3) is 0 Å². The van der Waals surface area contributed by atoms with Crippen LogP contribution in [0.15, 0.2) is 39.5 Å². The van der Waals surface area contributed by atoms with Gasteiger partial charge in [0, 0.05) is 5.41 Å². The fraction of sp³-hybridized carbons (Fsp3) is 0.312. The summed E-state index contributed by atoms with van der Waals surface area (Å²) < 4.78 is 6.39. The quantitative estimate of drug-likeness (QED) is 0.755. The van der Waals surface area contributed by atoms with E-state index in [4.69, 9.17) is 4.52 Å². The van der Waals surface area contributed by atoms with Gasteiger partial charge >= 0.3 is 0 Å². The van der Waals surface area contributed by atoms with Gasteiger partial charge in [0.05, 0.1) is 16.6 Å². The monoisotopic (exact) mass is 358 g/mol. The van der Waals surface area contributed by atoms with Gasteiger partial charge in [-0.15, -0.1) is 0 Å². The van der Waals surface area contributed by atoms with Crippen molar-refractivity contribution < 1.29 is 4.52 Å². The molecule has 0 aliphatic heterocycles. The van der Waals surface area contributed by atoms with Crippen molar-refractivity contribution in [2.24, 2.45) is 0 Å². The minimum Gasteiger partial charge on any atom is -0.339 e. The average Bonchev–Trinajstić information content (AvgIpc) is 3.18. The highest BCUT2D eigenvalue weighted by molar-refractivity contribution is 9.10. The molecule has 4 rings (SSSR count). The number of nitrogens with zero attached hydrogens (tertiary/aromatic N) is 3. The topological polar surface area (TPSA) is 67.6 Å². The van der Waals surface area contributed by atoms with Gasteiger partial charge in [0.15, 0.2) is 0 Å². The molecular weight excluding hydrogens is 344 g/mol. The smallest absolute Gasteiger partial charge is 0.231 e. The highest BCUT2D eigenvalue weighted by Crippen LogP contribution is 2.48. The van der Waals surface area contributed by atoms with E-state index >= 15 is 0 Å². The molecule has 1 aliphatic rings. The number of aromatic nitrogens is 4. The van der Waals surface area contributed by atoms with E-state index in [1.54, 1.807) is 6.20 Å². The molecule has 0 fully saturated rings. The van der Waals surface area contributed by atoms with Crippen LogP contribution in [-0.2, 0) is 11.8 Å². The first-order valence-corrected chi connectivity index (χ1v) is 7.98. The number of fused-ring (bicyclic) bond motifs is 1. The van der Waals surface area contributed by atoms with Crippen LogP contribution in [0.25, 0.3) is 11.5 Å². The Labute approximate surface area is 136 Å². The van der Waals surface area contributed by atoms with E-state index in [2.05, 4.69) is 74.4 Å². The Morgan fingerprint density at radius 1 is 1.32 bits per heavy atom. The maximum Gasteiger partial charge on any atom is 0.231 e. The second kappa shape index (κ2) is 4.78. The number of H-pyrrole nitrogens is 1. The van der Waals surface area contributed by atoms with E-state index in [9.17, 15) is 0 Å². The van der Waals surface area contributed by atoms with Crippen LogP contribution in [0.1, 0.15) is 36.8 Å². The number of aromatic amines is 1. The molecule has 0 bridgehead atoms. The zero-order valence-corrected chi connectivity index (χ0v) is 13.9. The van der Waals surface area contributed by atoms with E-state index in [1.807, 2.05) is 0 Å². The van der Waals surface area contributed by atoms with Crippen molar-refractivity contribution in [1.82, 2.24) is 20.3 Å². The fourth-order valence-corrected chi connectivity index (χ4v) is 3.66. The second-order valence-electron chi connectivity index (χ2n) is 6.18. The Balaban J connectivity index is 1.73. The summed E-state index contributed by atoms with van der Waals surface area (Å²) in [5, 5.41) is 11.0. The third kappa shape index (κ3) is 1.94. The molecule has 0 spiro atoms. The van der Waals surface area contributed by atoms with Crippen molar-refractivity contribution in [3.05, 3.63) is 52.0 Å². The molecule has 2 aromatic heterocycles. The van der Waals surface area contributed by atoms with Crippen LogP contribution in [0, 0.1) is 0 Å². The van der Waals surface area contributed by atoms with Crippen molar-refractivity contribution in [2.45, 2.75) is 31.6 Å². The summed E-state index contributed by atoms with van der Waals surface area (Å²) in [6, 6.07) is 8.54. The number of hydrogen-bond acceptors (Lipinski definition) is 4. The molecule has 0 saturated carbocycles. The summed E-state index contributed by atoms with van der Waals surface area (Å²) in [4.78, 5) is 4.60. The highest BCUT2D eigenvalue weighted by atomic mass is 79.9. The van der Waals surface area contributed by atoms with E-state index in [-0.39, 0.29) is 11.3 Å². The van der Waals surface area contributed by atoms with Crippen LogP contribution in [0.5, 0.6) is 0 Å². The number of benzene rings is 1. The van der Waals surface area contributed by atoms with Gasteiger partial charge in [-0.2, -0.15) is 10.1 Å². The van der Waals surface area contributed by atoms with Gasteiger partial charge in [0.1, 0.15) is 5.69 Å². The third-order valence-corrected chi connectivity index (χ3v) is 5.16. The summed E-state index contributed by atoms with van der Waals surface area (Å²) in [7, 11) is 0. The Bertz CT molecular complexity index is 836. The molecule has 22 heavy (non-hydrogen) atoms. The lowest BCUT2D eigenvalue weighted by molar-refractivity contribution is 0.308. The molecule has 5 nitrogen and oxygen atoms in total. The van der Waals surface area contributed by atoms with Crippen LogP contribution >= 0.6 is 15.9 Å². The molecule has 1 aromatic carbocycles. The van der Waals surface area contributed by atoms with E-state index < -0.39 is 0 Å². The molecule has 1 atom stereocenters. The first-order chi connectivity index (χ1) is 10.6. The molecule has 0 amide bonds. The summed E-state index contributed by atoms with van der Waals surface area (Å²) >= 11 is 3.43. The number of hydrogen-bond donors (Lipinski definition) is 1. The highest BCUT2D eigenvalue weighted by Gasteiger charge is 2.43. The van der Waals surface area contributed by atoms with Gasteiger partial charge in [0.2, 0.25) is 11.7 Å². The zero-order chi connectivity index (χ0) is 15.3. The van der Waals surface area contributed by atoms with Crippen molar-refractivity contribution in [1.29, 1.82) is 0 Å². The molecule has 1 unspecified atom stereocenters. The zero-order valence-electron chi connectivity index (χ0n) is 12.3. The SMILES string of the molecule is CC1(C)c2ccccc2CC1c1nc(-c2[nH]ncc2Br)no1. The van der Waals surface area contributed by atoms with E-state index in [0.29, 0.717) is 11.7 Å². The minimum atomic E-state index is -0.0222. The lowest BCUT2D eigenvalue weighted by atomic mass is 9.78. The minimum absolute atomic E-state index is 0.0222. The Kier molecular flexibility index (Phi) is 2.97. The Morgan fingerprint density at radius 3 is 2.86 bits per heavy atom. The number of nitrogens with one attached hydrogen (secondary N) is 1. The molecule has 0 saturated heterocycles. The number of rotatable bonds is 2. The average molecular weight is 359 g/mol. The Morgan fingerprint density at radius 2 is 2.14 bits per heavy atom.